The maximum Gasteiger partial charge on any atom is 0.323 e. The Morgan fingerprint density at radius 1 is 1.28 bits per heavy atom. The third-order valence-electron chi connectivity index (χ3n) is 4.74. The van der Waals surface area contributed by atoms with Crippen LogP contribution in [0.5, 0.6) is 0 Å². The second-order valence-corrected chi connectivity index (χ2v) is 8.09. The molecule has 0 saturated carbocycles. The molecule has 3 rings (SSSR count). The van der Waals surface area contributed by atoms with Crippen molar-refractivity contribution in [2.24, 2.45) is 11.7 Å². The second kappa shape index (κ2) is 10.2. The molecule has 170 valence electrons. The molecule has 0 fully saturated rings. The Bertz CT molecular complexity index is 1180. The van der Waals surface area contributed by atoms with Gasteiger partial charge in [-0.2, -0.15) is 4.98 Å². The fourth-order valence-corrected chi connectivity index (χ4v) is 3.54. The molecule has 2 aromatic heterocycles. The van der Waals surface area contributed by atoms with Gasteiger partial charge in [0.1, 0.15) is 19.8 Å². The van der Waals surface area contributed by atoms with E-state index in [0.717, 1.165) is 4.73 Å². The van der Waals surface area contributed by atoms with E-state index in [0.29, 0.717) is 21.0 Å². The molecule has 0 radical (unpaired) electrons. The largest absolute Gasteiger partial charge is 0.463 e. The summed E-state index contributed by atoms with van der Waals surface area (Å²) in [6, 6.07) is 5.92. The summed E-state index contributed by atoms with van der Waals surface area (Å²) in [5.41, 5.74) is 6.18. The molecule has 0 bridgehead atoms. The molecule has 0 saturated heterocycles. The number of esters is 1. The summed E-state index contributed by atoms with van der Waals surface area (Å²) < 4.78 is 6.18. The van der Waals surface area contributed by atoms with Gasteiger partial charge < -0.3 is 20.6 Å². The molecule has 1 atom stereocenters. The monoisotopic (exact) mass is 479 g/mol. The number of nitrogens with zero attached hydrogens (tertiary/aromatic N) is 3. The molecule has 0 unspecified atom stereocenters. The van der Waals surface area contributed by atoms with Crippen molar-refractivity contribution in [3.63, 3.8) is 0 Å². The van der Waals surface area contributed by atoms with Gasteiger partial charge in [-0.1, -0.05) is 43.1 Å². The minimum Gasteiger partial charge on any atom is -0.463 e. The average molecular weight is 480 g/mol. The highest BCUT2D eigenvalue weighted by atomic mass is 35.5. The number of aromatic nitrogens is 3. The molecule has 0 aliphatic carbocycles. The molecule has 9 nitrogen and oxygen atoms in total. The highest BCUT2D eigenvalue weighted by molar-refractivity contribution is 6.39. The third-order valence-corrected chi connectivity index (χ3v) is 5.37. The van der Waals surface area contributed by atoms with Crippen molar-refractivity contribution in [2.75, 3.05) is 25.6 Å². The fourth-order valence-electron chi connectivity index (χ4n) is 2.94. The smallest absolute Gasteiger partial charge is 0.323 e. The summed E-state index contributed by atoms with van der Waals surface area (Å²) in [7, 11) is 1.35. The summed E-state index contributed by atoms with van der Waals surface area (Å²) in [5.74, 6) is -0.258. The first-order valence-electron chi connectivity index (χ1n) is 9.82. The fraction of sp³-hybridized carbons (Fsp3) is 0.333. The van der Waals surface area contributed by atoms with E-state index in [4.69, 9.17) is 38.5 Å². The van der Waals surface area contributed by atoms with Crippen molar-refractivity contribution in [1.29, 1.82) is 0 Å². The number of fused-ring (bicyclic) bond motifs is 1. The van der Waals surface area contributed by atoms with E-state index in [1.54, 1.807) is 24.3 Å². The van der Waals surface area contributed by atoms with Crippen LogP contribution in [0.2, 0.25) is 10.0 Å². The summed E-state index contributed by atoms with van der Waals surface area (Å²) in [6.45, 7) is 4.02. The molecule has 1 aromatic carbocycles. The molecule has 0 spiro atoms. The molecular formula is C21H23Cl2N5O4. The minimum atomic E-state index is -0.677. The van der Waals surface area contributed by atoms with Crippen molar-refractivity contribution in [3.8, 4) is 11.1 Å². The molecule has 0 aliphatic heterocycles. The molecule has 32 heavy (non-hydrogen) atoms. The number of benzene rings is 1. The first-order valence-corrected chi connectivity index (χ1v) is 10.6. The van der Waals surface area contributed by atoms with Gasteiger partial charge >= 0.3 is 5.97 Å². The highest BCUT2D eigenvalue weighted by Gasteiger charge is 2.19. The van der Waals surface area contributed by atoms with Crippen molar-refractivity contribution in [1.82, 2.24) is 14.7 Å². The van der Waals surface area contributed by atoms with E-state index in [-0.39, 0.29) is 36.2 Å². The van der Waals surface area contributed by atoms with Crippen LogP contribution in [0.4, 0.5) is 5.95 Å². The van der Waals surface area contributed by atoms with Crippen LogP contribution in [-0.4, -0.2) is 47.0 Å². The van der Waals surface area contributed by atoms with Gasteiger partial charge in [0.2, 0.25) is 5.95 Å². The lowest BCUT2D eigenvalue weighted by molar-refractivity contribution is -0.145. The number of ether oxygens (including phenoxy) is 1. The number of pyridine rings is 1. The van der Waals surface area contributed by atoms with Crippen molar-refractivity contribution < 1.29 is 14.4 Å². The lowest BCUT2D eigenvalue weighted by atomic mass is 10.1. The number of carbonyl (C=O) groups excluding carboxylic acids is 1. The number of rotatable bonds is 8. The van der Waals surface area contributed by atoms with Crippen molar-refractivity contribution >= 4 is 46.2 Å². The molecule has 0 aliphatic rings. The van der Waals surface area contributed by atoms with Crippen LogP contribution in [0.3, 0.4) is 0 Å². The van der Waals surface area contributed by atoms with Gasteiger partial charge in [-0.25, -0.2) is 4.98 Å². The predicted molar refractivity (Wildman–Crippen MR) is 124 cm³/mol. The Hall–Kier alpha value is -2.88. The topological polar surface area (TPSA) is 121 Å². The number of hydrogen-bond acceptors (Lipinski definition) is 8. The van der Waals surface area contributed by atoms with Crippen LogP contribution in [0.25, 0.3) is 22.2 Å². The number of nitrogens with one attached hydrogen (secondary N) is 1. The highest BCUT2D eigenvalue weighted by Crippen LogP contribution is 2.33. The number of halogens is 2. The number of nitrogens with two attached hydrogens (primary N) is 1. The molecule has 2 heterocycles. The Kier molecular flexibility index (Phi) is 7.55. The Labute approximate surface area is 194 Å². The molecular weight excluding hydrogens is 457 g/mol. The van der Waals surface area contributed by atoms with E-state index in [2.05, 4.69) is 15.3 Å². The summed E-state index contributed by atoms with van der Waals surface area (Å²) in [4.78, 5) is 38.7. The normalized spacial score (nSPS) is 12.1. The molecule has 3 aromatic rings. The first kappa shape index (κ1) is 23.8. The Morgan fingerprint density at radius 2 is 1.97 bits per heavy atom. The second-order valence-electron chi connectivity index (χ2n) is 7.27. The van der Waals surface area contributed by atoms with E-state index in [1.165, 1.54) is 13.3 Å². The van der Waals surface area contributed by atoms with Gasteiger partial charge in [-0.3, -0.25) is 9.59 Å². The van der Waals surface area contributed by atoms with Crippen LogP contribution in [0.15, 0.2) is 35.3 Å². The van der Waals surface area contributed by atoms with Crippen molar-refractivity contribution in [3.05, 3.63) is 50.9 Å². The quantitative estimate of drug-likeness (QED) is 0.373. The molecule has 3 N–H and O–H groups in total. The number of anilines is 1. The summed E-state index contributed by atoms with van der Waals surface area (Å²) >= 11 is 12.6. The maximum atomic E-state index is 13.1. The zero-order valence-corrected chi connectivity index (χ0v) is 19.3. The predicted octanol–water partition coefficient (Wildman–Crippen LogP) is 2.76. The lowest BCUT2D eigenvalue weighted by Gasteiger charge is -2.15. The maximum absolute atomic E-state index is 13.1. The molecule has 11 heteroatoms. The van der Waals surface area contributed by atoms with Gasteiger partial charge in [-0.05, 0) is 24.1 Å². The van der Waals surface area contributed by atoms with Crippen LogP contribution in [0, 0.1) is 5.92 Å². The Balaban J connectivity index is 1.85. The first-order chi connectivity index (χ1) is 15.2. The standard InChI is InChI=1S/C21H23Cl2N5O4/c1-11(2)17(24)20(30)32-8-7-25-21-26-10-12-9-13(16-14(22)5-4-6-15(16)23)19(29)28(31-3)18(12)27-21/h4-6,9-11,17H,7-8,24H2,1-3H3,(H,25,26,27)/t17-/m0/s1. The van der Waals surface area contributed by atoms with E-state index >= 15 is 0 Å². The summed E-state index contributed by atoms with van der Waals surface area (Å²) in [6.07, 6.45) is 1.54. The SMILES string of the molecule is COn1c(=O)c(-c2c(Cl)cccc2Cl)cc2cnc(NCCOC(=O)[C@@H](N)C(C)C)nc21. The van der Waals surface area contributed by atoms with E-state index < -0.39 is 17.6 Å². The zero-order valence-electron chi connectivity index (χ0n) is 17.8. The number of carbonyl (C=O) groups is 1. The third kappa shape index (κ3) is 4.95. The number of hydrogen-bond donors (Lipinski definition) is 2. The van der Waals surface area contributed by atoms with E-state index in [1.807, 2.05) is 13.8 Å². The van der Waals surface area contributed by atoms with Gasteiger partial charge in [0.05, 0.1) is 22.2 Å². The summed E-state index contributed by atoms with van der Waals surface area (Å²) in [5, 5.41) is 4.15. The van der Waals surface area contributed by atoms with Crippen LogP contribution in [-0.2, 0) is 9.53 Å². The Morgan fingerprint density at radius 3 is 2.59 bits per heavy atom. The van der Waals surface area contributed by atoms with Gasteiger partial charge in [0.25, 0.3) is 5.56 Å². The van der Waals surface area contributed by atoms with Crippen LogP contribution < -0.4 is 21.4 Å². The minimum absolute atomic E-state index is 0.0180. The van der Waals surface area contributed by atoms with Gasteiger partial charge in [-0.15, -0.1) is 4.73 Å². The van der Waals surface area contributed by atoms with Gasteiger partial charge in [0, 0.05) is 17.1 Å². The van der Waals surface area contributed by atoms with Gasteiger partial charge in [0.15, 0.2) is 5.65 Å². The zero-order chi connectivity index (χ0) is 23.4. The average Bonchev–Trinajstić information content (AvgIpc) is 2.76. The lowest BCUT2D eigenvalue weighted by Crippen LogP contribution is -2.37. The molecule has 0 amide bonds. The van der Waals surface area contributed by atoms with Crippen LogP contribution >= 0.6 is 23.2 Å². The van der Waals surface area contributed by atoms with E-state index in [9.17, 15) is 9.59 Å². The van der Waals surface area contributed by atoms with Crippen molar-refractivity contribution in [2.45, 2.75) is 19.9 Å². The van der Waals surface area contributed by atoms with Crippen LogP contribution in [0.1, 0.15) is 13.8 Å².